The molecule has 1 fully saturated rings. The van der Waals surface area contributed by atoms with Gasteiger partial charge in [0.05, 0.1) is 20.3 Å². The molecule has 0 N–H and O–H groups in total. The molecule has 0 amide bonds. The van der Waals surface area contributed by atoms with E-state index in [4.69, 9.17) is 9.47 Å². The Morgan fingerprint density at radius 1 is 1.42 bits per heavy atom. The quantitative estimate of drug-likeness (QED) is 0.400. The Labute approximate surface area is 113 Å². The van der Waals surface area contributed by atoms with Crippen LogP contribution in [0.2, 0.25) is 0 Å². The minimum atomic E-state index is -0.789. The predicted molar refractivity (Wildman–Crippen MR) is 69.4 cm³/mol. The largest absolute Gasteiger partial charge is 0.468 e. The summed E-state index contributed by atoms with van der Waals surface area (Å²) >= 11 is 0. The normalized spacial score (nSPS) is 18.1. The first-order chi connectivity index (χ1) is 8.92. The van der Waals surface area contributed by atoms with Gasteiger partial charge in [0.25, 0.3) is 0 Å². The Morgan fingerprint density at radius 2 is 2.00 bits per heavy atom. The van der Waals surface area contributed by atoms with E-state index in [1.807, 2.05) is 13.8 Å². The molecule has 0 saturated carbocycles. The first kappa shape index (κ1) is 15.9. The van der Waals surface area contributed by atoms with Gasteiger partial charge in [-0.1, -0.05) is 19.9 Å². The second-order valence-corrected chi connectivity index (χ2v) is 5.31. The summed E-state index contributed by atoms with van der Waals surface area (Å²) in [4.78, 5) is 23.8. The number of carbonyl (C=O) groups excluding carboxylic acids is 2. The third-order valence-electron chi connectivity index (χ3n) is 3.17. The molecule has 1 heterocycles. The Balaban J connectivity index is 2.69. The lowest BCUT2D eigenvalue weighted by atomic mass is 9.82. The molecule has 0 spiro atoms. The van der Waals surface area contributed by atoms with Crippen molar-refractivity contribution in [3.63, 3.8) is 0 Å². The van der Waals surface area contributed by atoms with E-state index in [-0.39, 0.29) is 18.6 Å². The lowest BCUT2D eigenvalue weighted by molar-refractivity contribution is -0.154. The van der Waals surface area contributed by atoms with Crippen molar-refractivity contribution in [1.29, 1.82) is 0 Å². The molecule has 1 saturated heterocycles. The van der Waals surface area contributed by atoms with E-state index in [1.165, 1.54) is 7.11 Å². The number of hydrogen-bond acceptors (Lipinski definition) is 5. The Morgan fingerprint density at radius 3 is 2.47 bits per heavy atom. The van der Waals surface area contributed by atoms with E-state index in [9.17, 15) is 9.59 Å². The van der Waals surface area contributed by atoms with Gasteiger partial charge in [0.1, 0.15) is 11.7 Å². The predicted octanol–water partition coefficient (Wildman–Crippen LogP) is 1.71. The van der Waals surface area contributed by atoms with Crippen LogP contribution in [0.15, 0.2) is 12.7 Å². The minimum absolute atomic E-state index is 0.171. The van der Waals surface area contributed by atoms with Crippen LogP contribution < -0.4 is 0 Å². The van der Waals surface area contributed by atoms with Crippen LogP contribution in [0.3, 0.4) is 0 Å². The van der Waals surface area contributed by atoms with E-state index >= 15 is 0 Å². The zero-order chi connectivity index (χ0) is 14.5. The first-order valence-corrected chi connectivity index (χ1v) is 6.37. The Hall–Kier alpha value is -1.20. The van der Waals surface area contributed by atoms with Gasteiger partial charge in [-0.25, -0.2) is 0 Å². The van der Waals surface area contributed by atoms with Crippen LogP contribution >= 0.6 is 0 Å². The second-order valence-electron chi connectivity index (χ2n) is 5.31. The van der Waals surface area contributed by atoms with Crippen molar-refractivity contribution in [2.45, 2.75) is 33.0 Å². The summed E-state index contributed by atoms with van der Waals surface area (Å²) in [6, 6.07) is 0. The van der Waals surface area contributed by atoms with Crippen LogP contribution in [-0.2, 0) is 23.8 Å². The molecular weight excluding hydrogens is 248 g/mol. The summed E-state index contributed by atoms with van der Waals surface area (Å²) in [6.45, 7) is 8.42. The summed E-state index contributed by atoms with van der Waals surface area (Å²) in [5.74, 6) is -1.48. The third-order valence-corrected chi connectivity index (χ3v) is 3.17. The van der Waals surface area contributed by atoms with Gasteiger partial charge in [-0.05, 0) is 6.42 Å². The fraction of sp³-hybridized carbons (Fsp3) is 0.714. The Bertz CT molecular complexity index is 342. The molecule has 0 radical (unpaired) electrons. The van der Waals surface area contributed by atoms with Gasteiger partial charge in [0.15, 0.2) is 6.29 Å². The van der Waals surface area contributed by atoms with Crippen LogP contribution in [0.25, 0.3) is 0 Å². The van der Waals surface area contributed by atoms with Gasteiger partial charge >= 0.3 is 5.97 Å². The SMILES string of the molecule is C=CCC(C(=O)CC(C)(C)C1OCCO1)C(=O)OC. The van der Waals surface area contributed by atoms with Crippen LogP contribution in [-0.4, -0.2) is 38.4 Å². The zero-order valence-electron chi connectivity index (χ0n) is 11.8. The van der Waals surface area contributed by atoms with Crippen LogP contribution in [0.1, 0.15) is 26.7 Å². The van der Waals surface area contributed by atoms with Crippen LogP contribution in [0, 0.1) is 11.3 Å². The van der Waals surface area contributed by atoms with Gasteiger partial charge in [-0.3, -0.25) is 9.59 Å². The summed E-state index contributed by atoms with van der Waals surface area (Å²) in [6.07, 6.45) is 1.63. The first-order valence-electron chi connectivity index (χ1n) is 6.37. The fourth-order valence-electron chi connectivity index (χ4n) is 2.13. The summed E-state index contributed by atoms with van der Waals surface area (Å²) in [5, 5.41) is 0. The van der Waals surface area contributed by atoms with Crippen molar-refractivity contribution in [2.75, 3.05) is 20.3 Å². The van der Waals surface area contributed by atoms with E-state index < -0.39 is 23.6 Å². The van der Waals surface area contributed by atoms with E-state index in [0.29, 0.717) is 13.2 Å². The number of esters is 1. The van der Waals surface area contributed by atoms with Crippen molar-refractivity contribution in [2.24, 2.45) is 11.3 Å². The molecule has 108 valence electrons. The van der Waals surface area contributed by atoms with Crippen LogP contribution in [0.4, 0.5) is 0 Å². The molecule has 0 aromatic heterocycles. The zero-order valence-corrected chi connectivity index (χ0v) is 11.8. The number of ketones is 1. The van der Waals surface area contributed by atoms with E-state index in [2.05, 4.69) is 11.3 Å². The highest BCUT2D eigenvalue weighted by Gasteiger charge is 2.39. The van der Waals surface area contributed by atoms with Gasteiger partial charge in [-0.2, -0.15) is 0 Å². The molecule has 5 heteroatoms. The molecule has 19 heavy (non-hydrogen) atoms. The van der Waals surface area contributed by atoms with Crippen LogP contribution in [0.5, 0.6) is 0 Å². The molecule has 1 atom stereocenters. The molecule has 0 aliphatic carbocycles. The summed E-state index contributed by atoms with van der Waals surface area (Å²) in [5.41, 5.74) is -0.471. The maximum Gasteiger partial charge on any atom is 0.316 e. The third kappa shape index (κ3) is 4.14. The molecule has 1 aliphatic rings. The second kappa shape index (κ2) is 6.82. The topological polar surface area (TPSA) is 61.8 Å². The van der Waals surface area contributed by atoms with E-state index in [0.717, 1.165) is 0 Å². The maximum atomic E-state index is 12.2. The highest BCUT2D eigenvalue weighted by Crippen LogP contribution is 2.32. The molecule has 5 nitrogen and oxygen atoms in total. The standard InChI is InChI=1S/C14H22O5/c1-5-6-10(12(16)17-4)11(15)9-14(2,3)13-18-7-8-19-13/h5,10,13H,1,6-9H2,2-4H3. The van der Waals surface area contributed by atoms with Gasteiger partial charge in [0.2, 0.25) is 0 Å². The summed E-state index contributed by atoms with van der Waals surface area (Å²) in [7, 11) is 1.28. The van der Waals surface area contributed by atoms with Crippen molar-refractivity contribution in [1.82, 2.24) is 0 Å². The highest BCUT2D eigenvalue weighted by atomic mass is 16.7. The number of rotatable bonds is 7. The Kier molecular flexibility index (Phi) is 5.69. The smallest absolute Gasteiger partial charge is 0.316 e. The molecular formula is C14H22O5. The molecule has 1 unspecified atom stereocenters. The minimum Gasteiger partial charge on any atom is -0.468 e. The van der Waals surface area contributed by atoms with Crippen molar-refractivity contribution in [3.05, 3.63) is 12.7 Å². The lowest BCUT2D eigenvalue weighted by Crippen LogP contribution is -2.36. The maximum absolute atomic E-state index is 12.2. The van der Waals surface area contributed by atoms with E-state index in [1.54, 1.807) is 6.08 Å². The number of methoxy groups -OCH3 is 1. The molecule has 0 aromatic carbocycles. The molecule has 1 rings (SSSR count). The highest BCUT2D eigenvalue weighted by molar-refractivity contribution is 5.99. The van der Waals surface area contributed by atoms with Crippen molar-refractivity contribution in [3.8, 4) is 0 Å². The van der Waals surface area contributed by atoms with Gasteiger partial charge < -0.3 is 14.2 Å². The fourth-order valence-corrected chi connectivity index (χ4v) is 2.13. The monoisotopic (exact) mass is 270 g/mol. The summed E-state index contributed by atoms with van der Waals surface area (Å²) < 4.78 is 15.5. The van der Waals surface area contributed by atoms with Gasteiger partial charge in [0, 0.05) is 11.8 Å². The molecule has 0 aromatic rings. The number of ether oxygens (including phenoxy) is 3. The number of Topliss-reactive ketones (excluding diaryl/α,β-unsaturated/α-hetero) is 1. The van der Waals surface area contributed by atoms with Gasteiger partial charge in [-0.15, -0.1) is 6.58 Å². The van der Waals surface area contributed by atoms with Crippen molar-refractivity contribution >= 4 is 11.8 Å². The van der Waals surface area contributed by atoms with Crippen molar-refractivity contribution < 1.29 is 23.8 Å². The number of hydrogen-bond donors (Lipinski definition) is 0. The number of allylic oxidation sites excluding steroid dienone is 1. The average molecular weight is 270 g/mol. The molecule has 1 aliphatic heterocycles. The molecule has 0 bridgehead atoms. The average Bonchev–Trinajstić information content (AvgIpc) is 2.88. The number of carbonyl (C=O) groups is 2. The lowest BCUT2D eigenvalue weighted by Gasteiger charge is -2.30.